The zero-order valence-corrected chi connectivity index (χ0v) is 15.0. The Kier molecular flexibility index (Phi) is 6.80. The number of benzene rings is 2. The third-order valence-corrected chi connectivity index (χ3v) is 3.59. The van der Waals surface area contributed by atoms with Crippen LogP contribution < -0.4 is 20.3 Å². The summed E-state index contributed by atoms with van der Waals surface area (Å²) in [5, 5.41) is 0.167. The van der Waals surface area contributed by atoms with Crippen LogP contribution in [0.2, 0.25) is 5.02 Å². The first kappa shape index (κ1) is 19.5. The van der Waals surface area contributed by atoms with Crippen molar-refractivity contribution in [2.75, 3.05) is 13.7 Å². The van der Waals surface area contributed by atoms with Crippen LogP contribution in [0.4, 0.5) is 4.39 Å². The smallest absolute Gasteiger partial charge is 0.272 e. The first-order chi connectivity index (χ1) is 12.5. The Morgan fingerprint density at radius 2 is 1.81 bits per heavy atom. The Bertz CT molecular complexity index is 814. The summed E-state index contributed by atoms with van der Waals surface area (Å²) < 4.78 is 24.4. The molecule has 0 saturated heterocycles. The number of carbonyl (C=O) groups excluding carboxylic acids is 2. The molecule has 0 fully saturated rings. The topological polar surface area (TPSA) is 76.7 Å². The minimum atomic E-state index is -0.803. The maximum absolute atomic E-state index is 13.7. The second kappa shape index (κ2) is 9.05. The van der Waals surface area contributed by atoms with E-state index < -0.39 is 17.6 Å². The molecule has 0 aliphatic heterocycles. The van der Waals surface area contributed by atoms with Gasteiger partial charge in [0, 0.05) is 10.6 Å². The van der Waals surface area contributed by atoms with E-state index in [0.717, 1.165) is 12.5 Å². The molecule has 0 aliphatic rings. The molecule has 0 bridgehead atoms. The van der Waals surface area contributed by atoms with Crippen molar-refractivity contribution in [3.63, 3.8) is 0 Å². The minimum absolute atomic E-state index is 0.167. The number of rotatable bonds is 6. The van der Waals surface area contributed by atoms with E-state index in [1.54, 1.807) is 6.07 Å². The van der Waals surface area contributed by atoms with E-state index in [4.69, 9.17) is 21.1 Å². The lowest BCUT2D eigenvalue weighted by Crippen LogP contribution is -2.41. The Balaban J connectivity index is 2.04. The average Bonchev–Trinajstić information content (AvgIpc) is 2.63. The number of methoxy groups -OCH3 is 1. The van der Waals surface area contributed by atoms with Gasteiger partial charge in [-0.15, -0.1) is 0 Å². The number of nitrogens with one attached hydrogen (secondary N) is 2. The van der Waals surface area contributed by atoms with E-state index in [9.17, 15) is 14.0 Å². The lowest BCUT2D eigenvalue weighted by atomic mass is 10.2. The van der Waals surface area contributed by atoms with Gasteiger partial charge in [-0.25, -0.2) is 4.39 Å². The maximum atomic E-state index is 13.7. The summed E-state index contributed by atoms with van der Waals surface area (Å²) in [6.45, 7) is 2.49. The Morgan fingerprint density at radius 3 is 2.46 bits per heavy atom. The Labute approximate surface area is 155 Å². The van der Waals surface area contributed by atoms with Gasteiger partial charge in [0.25, 0.3) is 11.8 Å². The number of halogens is 2. The van der Waals surface area contributed by atoms with Gasteiger partial charge in [0.15, 0.2) is 11.5 Å². The average molecular weight is 381 g/mol. The predicted octanol–water partition coefficient (Wildman–Crippen LogP) is 3.35. The van der Waals surface area contributed by atoms with E-state index in [2.05, 4.69) is 10.9 Å². The molecule has 0 heterocycles. The summed E-state index contributed by atoms with van der Waals surface area (Å²) >= 11 is 5.64. The number of hydrogen-bond acceptors (Lipinski definition) is 4. The van der Waals surface area contributed by atoms with Crippen molar-refractivity contribution < 1.29 is 23.5 Å². The highest BCUT2D eigenvalue weighted by molar-refractivity contribution is 6.30. The van der Waals surface area contributed by atoms with Crippen LogP contribution in [0.5, 0.6) is 11.5 Å². The maximum Gasteiger partial charge on any atom is 0.272 e. The van der Waals surface area contributed by atoms with Crippen molar-refractivity contribution in [3.8, 4) is 11.5 Å². The van der Waals surface area contributed by atoms with Crippen molar-refractivity contribution in [1.29, 1.82) is 0 Å². The third-order valence-electron chi connectivity index (χ3n) is 3.35. The molecule has 8 heteroatoms. The molecule has 6 nitrogen and oxygen atoms in total. The molecule has 0 aliphatic carbocycles. The van der Waals surface area contributed by atoms with Crippen LogP contribution >= 0.6 is 11.6 Å². The molecule has 26 heavy (non-hydrogen) atoms. The first-order valence-corrected chi connectivity index (χ1v) is 8.20. The van der Waals surface area contributed by atoms with Crippen LogP contribution in [0.1, 0.15) is 34.1 Å². The second-order valence-electron chi connectivity index (χ2n) is 5.25. The van der Waals surface area contributed by atoms with E-state index >= 15 is 0 Å². The van der Waals surface area contributed by atoms with Crippen LogP contribution in [0.3, 0.4) is 0 Å². The molecule has 2 amide bonds. The molecule has 2 N–H and O–H groups in total. The fourth-order valence-corrected chi connectivity index (χ4v) is 2.23. The monoisotopic (exact) mass is 380 g/mol. The highest BCUT2D eigenvalue weighted by Crippen LogP contribution is 2.28. The molecular weight excluding hydrogens is 363 g/mol. The van der Waals surface area contributed by atoms with Gasteiger partial charge >= 0.3 is 0 Å². The highest BCUT2D eigenvalue weighted by atomic mass is 35.5. The summed E-state index contributed by atoms with van der Waals surface area (Å²) in [6.07, 6.45) is 0.832. The molecule has 0 unspecified atom stereocenters. The molecule has 0 atom stereocenters. The van der Waals surface area contributed by atoms with Crippen molar-refractivity contribution in [1.82, 2.24) is 10.9 Å². The normalized spacial score (nSPS) is 10.2. The van der Waals surface area contributed by atoms with Crippen LogP contribution in [-0.4, -0.2) is 25.5 Å². The summed E-state index contributed by atoms with van der Waals surface area (Å²) in [6, 6.07) is 8.22. The summed E-state index contributed by atoms with van der Waals surface area (Å²) in [5.41, 5.74) is 4.37. The van der Waals surface area contributed by atoms with Gasteiger partial charge in [0.05, 0.1) is 19.3 Å². The second-order valence-corrected chi connectivity index (χ2v) is 5.68. The minimum Gasteiger partial charge on any atom is -0.493 e. The van der Waals surface area contributed by atoms with Crippen LogP contribution in [0.15, 0.2) is 36.4 Å². The fraction of sp³-hybridized carbons (Fsp3) is 0.222. The van der Waals surface area contributed by atoms with E-state index in [1.807, 2.05) is 6.92 Å². The Hall–Kier alpha value is -2.80. The summed E-state index contributed by atoms with van der Waals surface area (Å²) in [5.74, 6) is -1.28. The fourth-order valence-electron chi connectivity index (χ4n) is 2.07. The van der Waals surface area contributed by atoms with Crippen molar-refractivity contribution in [2.24, 2.45) is 0 Å². The van der Waals surface area contributed by atoms with Crippen molar-refractivity contribution in [2.45, 2.75) is 13.3 Å². The molecule has 0 radical (unpaired) electrons. The van der Waals surface area contributed by atoms with Crippen LogP contribution in [0, 0.1) is 5.82 Å². The summed E-state index contributed by atoms with van der Waals surface area (Å²) in [4.78, 5) is 24.1. The molecule has 2 aromatic carbocycles. The van der Waals surface area contributed by atoms with Gasteiger partial charge in [-0.2, -0.15) is 0 Å². The van der Waals surface area contributed by atoms with Gasteiger partial charge in [-0.3, -0.25) is 20.4 Å². The molecule has 0 aromatic heterocycles. The van der Waals surface area contributed by atoms with Gasteiger partial charge in [0.1, 0.15) is 5.82 Å². The molecule has 2 aromatic rings. The molecule has 138 valence electrons. The third kappa shape index (κ3) is 4.86. The van der Waals surface area contributed by atoms with E-state index in [0.29, 0.717) is 18.1 Å². The number of hydrogen-bond donors (Lipinski definition) is 2. The number of carbonyl (C=O) groups is 2. The standard InChI is InChI=1S/C18H18ClFN2O4/c1-3-8-26-15-7-4-11(9-16(15)25-2)17(23)21-22-18(24)13-6-5-12(19)10-14(13)20/h4-7,9-10H,3,8H2,1-2H3,(H,21,23)(H,22,24). The van der Waals surface area contributed by atoms with Crippen LogP contribution in [0.25, 0.3) is 0 Å². The molecule has 0 saturated carbocycles. The number of amides is 2. The summed E-state index contributed by atoms with van der Waals surface area (Å²) in [7, 11) is 1.46. The zero-order chi connectivity index (χ0) is 19.1. The SMILES string of the molecule is CCCOc1ccc(C(=O)NNC(=O)c2ccc(Cl)cc2F)cc1OC. The number of hydrazine groups is 1. The molecule has 0 spiro atoms. The largest absolute Gasteiger partial charge is 0.493 e. The van der Waals surface area contributed by atoms with Gasteiger partial charge in [-0.05, 0) is 42.8 Å². The van der Waals surface area contributed by atoms with Crippen LogP contribution in [-0.2, 0) is 0 Å². The van der Waals surface area contributed by atoms with Crippen molar-refractivity contribution >= 4 is 23.4 Å². The van der Waals surface area contributed by atoms with Crippen molar-refractivity contribution in [3.05, 3.63) is 58.4 Å². The lowest BCUT2D eigenvalue weighted by molar-refractivity contribution is 0.0844. The molecular formula is C18H18ClFN2O4. The lowest BCUT2D eigenvalue weighted by Gasteiger charge is -2.12. The quantitative estimate of drug-likeness (QED) is 0.753. The van der Waals surface area contributed by atoms with Gasteiger partial charge in [-0.1, -0.05) is 18.5 Å². The first-order valence-electron chi connectivity index (χ1n) is 7.82. The predicted molar refractivity (Wildman–Crippen MR) is 95.1 cm³/mol. The Morgan fingerprint density at radius 1 is 1.08 bits per heavy atom. The van der Waals surface area contributed by atoms with E-state index in [1.165, 1.54) is 31.4 Å². The van der Waals surface area contributed by atoms with E-state index in [-0.39, 0.29) is 16.1 Å². The zero-order valence-electron chi connectivity index (χ0n) is 14.3. The highest BCUT2D eigenvalue weighted by Gasteiger charge is 2.15. The molecule has 2 rings (SSSR count). The number of ether oxygens (including phenoxy) is 2. The van der Waals surface area contributed by atoms with Gasteiger partial charge < -0.3 is 9.47 Å². The van der Waals surface area contributed by atoms with Gasteiger partial charge in [0.2, 0.25) is 0 Å².